The third-order valence-electron chi connectivity index (χ3n) is 2.60. The number of nitrogens with one attached hydrogen (secondary N) is 2. The summed E-state index contributed by atoms with van der Waals surface area (Å²) in [5.41, 5.74) is 0.396. The van der Waals surface area contributed by atoms with Gasteiger partial charge >= 0.3 is 0 Å². The Bertz CT molecular complexity index is 555. The van der Waals surface area contributed by atoms with Gasteiger partial charge in [0.25, 0.3) is 5.91 Å². The minimum Gasteiger partial charge on any atom is -0.352 e. The number of aryl methyl sites for hydroxylation is 1. The summed E-state index contributed by atoms with van der Waals surface area (Å²) in [4.78, 5) is 19.0. The molecule has 1 heterocycles. The average Bonchev–Trinajstić information content (AvgIpc) is 2.90. The highest BCUT2D eigenvalue weighted by Gasteiger charge is 2.10. The monoisotopic (exact) mass is 297 g/mol. The first-order chi connectivity index (χ1) is 9.16. The third-order valence-corrected chi connectivity index (χ3v) is 3.17. The summed E-state index contributed by atoms with van der Waals surface area (Å²) in [5, 5.41) is 3.69. The quantitative estimate of drug-likeness (QED) is 0.833. The summed E-state index contributed by atoms with van der Waals surface area (Å²) >= 11 is 11.8. The number of benzene rings is 1. The van der Waals surface area contributed by atoms with E-state index in [1.165, 1.54) is 0 Å². The van der Waals surface area contributed by atoms with E-state index in [-0.39, 0.29) is 5.91 Å². The maximum Gasteiger partial charge on any atom is 0.252 e. The Balaban J connectivity index is 1.82. The second-order valence-electron chi connectivity index (χ2n) is 4.02. The topological polar surface area (TPSA) is 57.8 Å². The fourth-order valence-corrected chi connectivity index (χ4v) is 2.03. The molecule has 0 aliphatic rings. The van der Waals surface area contributed by atoms with Gasteiger partial charge in [0, 0.05) is 30.4 Å². The Kier molecular flexibility index (Phi) is 4.82. The van der Waals surface area contributed by atoms with E-state index in [2.05, 4.69) is 15.3 Å². The number of hydrogen-bond acceptors (Lipinski definition) is 2. The van der Waals surface area contributed by atoms with Crippen molar-refractivity contribution in [1.29, 1.82) is 0 Å². The van der Waals surface area contributed by atoms with E-state index < -0.39 is 0 Å². The van der Waals surface area contributed by atoms with Crippen molar-refractivity contribution < 1.29 is 4.79 Å². The zero-order valence-corrected chi connectivity index (χ0v) is 11.6. The molecule has 1 aromatic heterocycles. The van der Waals surface area contributed by atoms with Crippen LogP contribution in [0.4, 0.5) is 0 Å². The lowest BCUT2D eigenvalue weighted by Crippen LogP contribution is -2.25. The third kappa shape index (κ3) is 3.98. The van der Waals surface area contributed by atoms with Crippen molar-refractivity contribution in [2.24, 2.45) is 0 Å². The van der Waals surface area contributed by atoms with Crippen molar-refractivity contribution in [3.63, 3.8) is 0 Å². The molecule has 0 saturated carbocycles. The maximum absolute atomic E-state index is 11.9. The van der Waals surface area contributed by atoms with E-state index in [1.54, 1.807) is 30.6 Å². The van der Waals surface area contributed by atoms with E-state index in [4.69, 9.17) is 23.2 Å². The number of hydrogen-bond donors (Lipinski definition) is 2. The summed E-state index contributed by atoms with van der Waals surface area (Å²) in [5.74, 6) is 0.696. The molecule has 2 rings (SSSR count). The van der Waals surface area contributed by atoms with Gasteiger partial charge in [0.2, 0.25) is 0 Å². The molecular formula is C13H13Cl2N3O. The number of amides is 1. The molecule has 0 atom stereocenters. The Morgan fingerprint density at radius 1 is 1.37 bits per heavy atom. The van der Waals surface area contributed by atoms with Crippen molar-refractivity contribution in [2.45, 2.75) is 12.8 Å². The smallest absolute Gasteiger partial charge is 0.252 e. The van der Waals surface area contributed by atoms with E-state index >= 15 is 0 Å². The highest BCUT2D eigenvalue weighted by atomic mass is 35.5. The number of H-pyrrole nitrogens is 1. The van der Waals surface area contributed by atoms with Gasteiger partial charge in [0.1, 0.15) is 5.82 Å². The standard InChI is InChI=1S/C13H13Cl2N3O/c14-9-3-4-11(15)10(8-9)13(19)18-5-1-2-12-16-6-7-17-12/h3-4,6-8H,1-2,5H2,(H,16,17)(H,18,19). The Morgan fingerprint density at radius 2 is 2.21 bits per heavy atom. The van der Waals surface area contributed by atoms with Gasteiger partial charge in [0.05, 0.1) is 10.6 Å². The van der Waals surface area contributed by atoms with E-state index in [1.807, 2.05) is 0 Å². The molecule has 2 aromatic rings. The highest BCUT2D eigenvalue weighted by molar-refractivity contribution is 6.35. The van der Waals surface area contributed by atoms with E-state index in [9.17, 15) is 4.79 Å². The molecule has 1 amide bonds. The molecule has 100 valence electrons. The van der Waals surface area contributed by atoms with Gasteiger partial charge in [0.15, 0.2) is 0 Å². The molecule has 0 bridgehead atoms. The average molecular weight is 298 g/mol. The number of halogens is 2. The molecule has 0 radical (unpaired) electrons. The summed E-state index contributed by atoms with van der Waals surface area (Å²) in [7, 11) is 0. The number of carbonyl (C=O) groups excluding carboxylic acids is 1. The number of aromatic nitrogens is 2. The van der Waals surface area contributed by atoms with Crippen LogP contribution in [0.2, 0.25) is 10.0 Å². The largest absolute Gasteiger partial charge is 0.352 e. The molecule has 0 saturated heterocycles. The molecule has 4 nitrogen and oxygen atoms in total. The second-order valence-corrected chi connectivity index (χ2v) is 4.86. The number of rotatable bonds is 5. The molecule has 6 heteroatoms. The van der Waals surface area contributed by atoms with Gasteiger partial charge in [-0.1, -0.05) is 23.2 Å². The van der Waals surface area contributed by atoms with Gasteiger partial charge in [-0.15, -0.1) is 0 Å². The number of aromatic amines is 1. The van der Waals surface area contributed by atoms with Crippen molar-refractivity contribution in [3.8, 4) is 0 Å². The van der Waals surface area contributed by atoms with E-state index in [0.717, 1.165) is 18.7 Å². The first-order valence-corrected chi connectivity index (χ1v) is 6.64. The van der Waals surface area contributed by atoms with Crippen molar-refractivity contribution >= 4 is 29.1 Å². The first-order valence-electron chi connectivity index (χ1n) is 5.88. The molecule has 0 aliphatic heterocycles. The van der Waals surface area contributed by atoms with Gasteiger partial charge in [-0.25, -0.2) is 4.98 Å². The molecule has 2 N–H and O–H groups in total. The Hall–Kier alpha value is -1.52. The molecule has 0 spiro atoms. The normalized spacial score (nSPS) is 10.4. The van der Waals surface area contributed by atoms with Crippen LogP contribution in [-0.4, -0.2) is 22.4 Å². The first kappa shape index (κ1) is 13.9. The van der Waals surface area contributed by atoms with Crippen LogP contribution in [0.15, 0.2) is 30.6 Å². The van der Waals surface area contributed by atoms with Crippen molar-refractivity contribution in [3.05, 3.63) is 52.0 Å². The van der Waals surface area contributed by atoms with Crippen molar-refractivity contribution in [2.75, 3.05) is 6.54 Å². The lowest BCUT2D eigenvalue weighted by atomic mass is 10.2. The molecule has 0 unspecified atom stereocenters. The summed E-state index contributed by atoms with van der Waals surface area (Å²) in [6, 6.07) is 4.82. The zero-order chi connectivity index (χ0) is 13.7. The predicted octanol–water partition coefficient (Wildman–Crippen LogP) is 3.08. The Labute approximate surface area is 121 Å². The second kappa shape index (κ2) is 6.59. The zero-order valence-electron chi connectivity index (χ0n) is 10.1. The van der Waals surface area contributed by atoms with Gasteiger partial charge < -0.3 is 10.3 Å². The lowest BCUT2D eigenvalue weighted by molar-refractivity contribution is 0.0953. The number of imidazole rings is 1. The van der Waals surface area contributed by atoms with Crippen LogP contribution in [0, 0.1) is 0 Å². The summed E-state index contributed by atoms with van der Waals surface area (Å²) < 4.78 is 0. The number of nitrogens with zero attached hydrogens (tertiary/aromatic N) is 1. The summed E-state index contributed by atoms with van der Waals surface area (Å²) in [6.45, 7) is 0.558. The predicted molar refractivity (Wildman–Crippen MR) is 75.7 cm³/mol. The van der Waals surface area contributed by atoms with Crippen LogP contribution in [0.5, 0.6) is 0 Å². The summed E-state index contributed by atoms with van der Waals surface area (Å²) in [6.07, 6.45) is 5.08. The van der Waals surface area contributed by atoms with Crippen LogP contribution >= 0.6 is 23.2 Å². The van der Waals surface area contributed by atoms with Gasteiger partial charge in [-0.05, 0) is 24.6 Å². The number of carbonyl (C=O) groups is 1. The van der Waals surface area contributed by atoms with Crippen LogP contribution in [0.3, 0.4) is 0 Å². The molecule has 0 fully saturated rings. The Morgan fingerprint density at radius 3 is 2.95 bits per heavy atom. The lowest BCUT2D eigenvalue weighted by Gasteiger charge is -2.06. The van der Waals surface area contributed by atoms with E-state index in [0.29, 0.717) is 22.2 Å². The maximum atomic E-state index is 11.9. The van der Waals surface area contributed by atoms with Crippen LogP contribution in [0.1, 0.15) is 22.6 Å². The van der Waals surface area contributed by atoms with Crippen molar-refractivity contribution in [1.82, 2.24) is 15.3 Å². The fraction of sp³-hybridized carbons (Fsp3) is 0.231. The molecule has 19 heavy (non-hydrogen) atoms. The van der Waals surface area contributed by atoms with Gasteiger partial charge in [-0.3, -0.25) is 4.79 Å². The van der Waals surface area contributed by atoms with Crippen LogP contribution in [0.25, 0.3) is 0 Å². The molecule has 0 aliphatic carbocycles. The SMILES string of the molecule is O=C(NCCCc1ncc[nH]1)c1cc(Cl)ccc1Cl. The molecule has 1 aromatic carbocycles. The minimum absolute atomic E-state index is 0.216. The highest BCUT2D eigenvalue weighted by Crippen LogP contribution is 2.20. The van der Waals surface area contributed by atoms with Crippen LogP contribution < -0.4 is 5.32 Å². The van der Waals surface area contributed by atoms with Crippen LogP contribution in [-0.2, 0) is 6.42 Å². The molecular weight excluding hydrogens is 285 g/mol. The minimum atomic E-state index is -0.216. The van der Waals surface area contributed by atoms with Gasteiger partial charge in [-0.2, -0.15) is 0 Å². The fourth-order valence-electron chi connectivity index (χ4n) is 1.66.